The van der Waals surface area contributed by atoms with Crippen LogP contribution in [-0.2, 0) is 14.3 Å². The van der Waals surface area contributed by atoms with Gasteiger partial charge in [0.05, 0.1) is 25.4 Å². The molecule has 3 N–H and O–H groups in total. The zero-order valence-electron chi connectivity index (χ0n) is 64.7. The van der Waals surface area contributed by atoms with Gasteiger partial charge < -0.3 is 20.3 Å². The lowest BCUT2D eigenvalue weighted by Gasteiger charge is -2.20. The smallest absolute Gasteiger partial charge is 0.305 e. The Balaban J connectivity index is 3.33. The Morgan fingerprint density at radius 1 is 0.295 bits per heavy atom. The maximum atomic E-state index is 12.6. The van der Waals surface area contributed by atoms with Gasteiger partial charge in [0.2, 0.25) is 5.91 Å². The molecule has 1 amide bonds. The monoisotopic (exact) mass is 1330 g/mol. The first-order valence-corrected chi connectivity index (χ1v) is 43.8. The molecule has 6 heteroatoms. The van der Waals surface area contributed by atoms with Gasteiger partial charge in [-0.3, -0.25) is 9.59 Å². The number of aliphatic hydroxyl groups is 2. The van der Waals surface area contributed by atoms with Crippen molar-refractivity contribution in [2.75, 3.05) is 13.2 Å². The number of unbranched alkanes of at least 4 members (excludes halogenated alkanes) is 68. The fourth-order valence-electron chi connectivity index (χ4n) is 14.0. The maximum absolute atomic E-state index is 12.6. The van der Waals surface area contributed by atoms with E-state index < -0.39 is 12.1 Å². The average Bonchev–Trinajstić information content (AvgIpc) is 2.97. The van der Waals surface area contributed by atoms with Crippen molar-refractivity contribution in [3.63, 3.8) is 0 Å². The van der Waals surface area contributed by atoms with Crippen LogP contribution in [0, 0.1) is 0 Å². The molecule has 2 unspecified atom stereocenters. The van der Waals surface area contributed by atoms with Crippen LogP contribution >= 0.6 is 0 Å². The number of hydrogen-bond acceptors (Lipinski definition) is 5. The van der Waals surface area contributed by atoms with Gasteiger partial charge in [-0.15, -0.1) is 0 Å². The summed E-state index contributed by atoms with van der Waals surface area (Å²) < 4.78 is 5.51. The number of aliphatic hydroxyl groups excluding tert-OH is 2. The largest absolute Gasteiger partial charge is 0.466 e. The minimum Gasteiger partial charge on any atom is -0.466 e. The van der Waals surface area contributed by atoms with Crippen molar-refractivity contribution in [3.8, 4) is 0 Å². The van der Waals surface area contributed by atoms with Gasteiger partial charge in [0.25, 0.3) is 0 Å². The molecule has 0 aromatic heterocycles. The average molecular weight is 1340 g/mol. The van der Waals surface area contributed by atoms with Gasteiger partial charge >= 0.3 is 5.97 Å². The molecule has 0 aliphatic carbocycles. The Morgan fingerprint density at radius 3 is 0.821 bits per heavy atom. The van der Waals surface area contributed by atoms with Crippen molar-refractivity contribution >= 4 is 11.9 Å². The van der Waals surface area contributed by atoms with E-state index in [1.165, 1.54) is 417 Å². The van der Waals surface area contributed by atoms with E-state index in [1.54, 1.807) is 6.08 Å². The fourth-order valence-corrected chi connectivity index (χ4v) is 14.0. The summed E-state index contributed by atoms with van der Waals surface area (Å²) in [6.45, 7) is 4.93. The fraction of sp³-hybridized carbons (Fsp3) is 0.910. The normalized spacial score (nSPS) is 12.6. The molecule has 95 heavy (non-hydrogen) atoms. The van der Waals surface area contributed by atoms with E-state index >= 15 is 0 Å². The molecule has 562 valence electrons. The first kappa shape index (κ1) is 93.1. The van der Waals surface area contributed by atoms with Crippen molar-refractivity contribution in [2.45, 2.75) is 508 Å². The number of carbonyl (C=O) groups is 2. The van der Waals surface area contributed by atoms with Crippen LogP contribution < -0.4 is 5.32 Å². The summed E-state index contributed by atoms with van der Waals surface area (Å²) in [6.07, 6.45) is 112. The van der Waals surface area contributed by atoms with Gasteiger partial charge in [-0.2, -0.15) is 0 Å². The highest BCUT2D eigenvalue weighted by Gasteiger charge is 2.18. The molecular weight excluding hydrogens is 1160 g/mol. The Morgan fingerprint density at radius 2 is 0.526 bits per heavy atom. The minimum absolute atomic E-state index is 0.0163. The zero-order valence-corrected chi connectivity index (χ0v) is 64.7. The Kier molecular flexibility index (Phi) is 82.8. The zero-order chi connectivity index (χ0) is 68.4. The van der Waals surface area contributed by atoms with E-state index in [0.717, 1.165) is 51.4 Å². The molecule has 2 atom stereocenters. The van der Waals surface area contributed by atoms with Crippen LogP contribution in [0.4, 0.5) is 0 Å². The summed E-state index contributed by atoms with van der Waals surface area (Å²) in [5, 5.41) is 23.3. The second-order valence-electron chi connectivity index (χ2n) is 30.2. The lowest BCUT2D eigenvalue weighted by Crippen LogP contribution is -2.45. The third kappa shape index (κ3) is 80.9. The van der Waals surface area contributed by atoms with Crippen LogP contribution in [0.15, 0.2) is 36.5 Å². The molecule has 0 rings (SSSR count). The lowest BCUT2D eigenvalue weighted by atomic mass is 10.0. The first-order valence-electron chi connectivity index (χ1n) is 43.8. The molecule has 0 radical (unpaired) electrons. The van der Waals surface area contributed by atoms with Crippen molar-refractivity contribution in [1.82, 2.24) is 5.32 Å². The summed E-state index contributed by atoms with van der Waals surface area (Å²) in [5.74, 6) is -0.0403. The number of amides is 1. The number of carbonyl (C=O) groups excluding carboxylic acids is 2. The molecule has 0 saturated heterocycles. The second-order valence-corrected chi connectivity index (χ2v) is 30.2. The molecule has 0 spiro atoms. The number of nitrogens with one attached hydrogen (secondary N) is 1. The highest BCUT2D eigenvalue weighted by atomic mass is 16.5. The highest BCUT2D eigenvalue weighted by molar-refractivity contribution is 5.76. The van der Waals surface area contributed by atoms with Crippen LogP contribution in [0.1, 0.15) is 495 Å². The van der Waals surface area contributed by atoms with E-state index in [1.807, 2.05) is 6.08 Å². The molecule has 0 aromatic rings. The summed E-state index contributed by atoms with van der Waals surface area (Å²) in [5.41, 5.74) is 0. The Labute approximate surface area is 595 Å². The summed E-state index contributed by atoms with van der Waals surface area (Å²) in [6, 6.07) is -0.625. The van der Waals surface area contributed by atoms with Crippen LogP contribution in [-0.4, -0.2) is 47.4 Å². The lowest BCUT2D eigenvalue weighted by molar-refractivity contribution is -0.143. The molecule has 0 bridgehead atoms. The van der Waals surface area contributed by atoms with E-state index in [0.29, 0.717) is 19.4 Å². The quantitative estimate of drug-likeness (QED) is 0.0320. The molecule has 0 fully saturated rings. The van der Waals surface area contributed by atoms with E-state index in [2.05, 4.69) is 43.5 Å². The molecule has 0 aromatic carbocycles. The summed E-state index contributed by atoms with van der Waals surface area (Å²) in [7, 11) is 0. The van der Waals surface area contributed by atoms with Crippen molar-refractivity contribution < 1.29 is 24.5 Å². The molecule has 6 nitrogen and oxygen atoms in total. The van der Waals surface area contributed by atoms with Crippen molar-refractivity contribution in [3.05, 3.63) is 36.5 Å². The Hall–Kier alpha value is -1.92. The predicted octanol–water partition coefficient (Wildman–Crippen LogP) is 29.3. The number of esters is 1. The first-order chi connectivity index (χ1) is 47.0. The number of hydrogen-bond donors (Lipinski definition) is 3. The molecule has 0 heterocycles. The molecule has 0 aliphatic heterocycles. The SMILES string of the molecule is CCCCC/C=C\C/C=C\CCCCCCCCCC(=O)OCCCCCCCCCCCCCCCCCCCCCCCCCCCCCCCCCCCCCCCC(=O)NC(CO)C(O)/C=C/CCCCCCCCCCCCCCCCCCCCCCCC. The third-order valence-corrected chi connectivity index (χ3v) is 20.7. The van der Waals surface area contributed by atoms with Gasteiger partial charge in [-0.1, -0.05) is 455 Å². The molecular formula is C89H171NO5. The number of allylic oxidation sites excluding steroid dienone is 5. The number of rotatable bonds is 83. The van der Waals surface area contributed by atoms with Gasteiger partial charge in [0, 0.05) is 12.8 Å². The van der Waals surface area contributed by atoms with Crippen LogP contribution in [0.2, 0.25) is 0 Å². The molecule has 0 aliphatic rings. The summed E-state index contributed by atoms with van der Waals surface area (Å²) in [4.78, 5) is 24.7. The van der Waals surface area contributed by atoms with E-state index in [9.17, 15) is 19.8 Å². The van der Waals surface area contributed by atoms with Crippen LogP contribution in [0.25, 0.3) is 0 Å². The highest BCUT2D eigenvalue weighted by Crippen LogP contribution is 2.21. The van der Waals surface area contributed by atoms with Gasteiger partial charge in [0.1, 0.15) is 0 Å². The van der Waals surface area contributed by atoms with Gasteiger partial charge in [-0.05, 0) is 64.2 Å². The van der Waals surface area contributed by atoms with E-state index in [4.69, 9.17) is 4.74 Å². The van der Waals surface area contributed by atoms with Gasteiger partial charge in [-0.25, -0.2) is 0 Å². The van der Waals surface area contributed by atoms with Crippen molar-refractivity contribution in [2.24, 2.45) is 0 Å². The van der Waals surface area contributed by atoms with E-state index in [-0.39, 0.29) is 18.5 Å². The van der Waals surface area contributed by atoms with Crippen molar-refractivity contribution in [1.29, 1.82) is 0 Å². The van der Waals surface area contributed by atoms with Crippen LogP contribution in [0.5, 0.6) is 0 Å². The second kappa shape index (κ2) is 84.5. The van der Waals surface area contributed by atoms with Crippen LogP contribution in [0.3, 0.4) is 0 Å². The Bertz CT molecular complexity index is 1540. The third-order valence-electron chi connectivity index (χ3n) is 20.7. The topological polar surface area (TPSA) is 95.9 Å². The minimum atomic E-state index is -0.842. The molecule has 0 saturated carbocycles. The number of ether oxygens (including phenoxy) is 1. The summed E-state index contributed by atoms with van der Waals surface area (Å²) >= 11 is 0. The maximum Gasteiger partial charge on any atom is 0.305 e. The standard InChI is InChI=1S/C89H171NO5/c1-3-5-7-9-11-13-15-17-19-21-22-23-24-40-43-46-50-53-57-61-65-69-73-77-81-87(92)86(85-91)90-88(93)82-78-74-70-66-62-58-54-51-47-44-41-38-36-34-32-30-28-26-25-27-29-31-33-35-37-39-42-45-48-52-56-60-64-68-72-76-80-84-95-89(94)83-79-75-71-67-63-59-55-49-20-18-16-14-12-10-8-6-4-2/h12,14,18,20,77,81,86-87,91-92H,3-11,13,15-17,19,21-76,78-80,82-85H2,1-2H3,(H,90,93)/b14-12-,20-18-,81-77+. The van der Waals surface area contributed by atoms with Gasteiger partial charge in [0.15, 0.2) is 0 Å². The predicted molar refractivity (Wildman–Crippen MR) is 421 cm³/mol.